The molecule has 0 aromatic heterocycles. The number of carboxylic acids is 1. The number of halogens is 1. The van der Waals surface area contributed by atoms with Gasteiger partial charge in [0.1, 0.15) is 5.82 Å². The second-order valence-corrected chi connectivity index (χ2v) is 5.10. The van der Waals surface area contributed by atoms with Crippen LogP contribution in [0.2, 0.25) is 0 Å². The van der Waals surface area contributed by atoms with Crippen LogP contribution in [0, 0.1) is 11.2 Å². The molecular weight excluding hydrogens is 275 g/mol. The van der Waals surface area contributed by atoms with Crippen LogP contribution in [0.25, 0.3) is 0 Å². The summed E-state index contributed by atoms with van der Waals surface area (Å²) in [5.41, 5.74) is -0.442. The number of carbonyl (C=O) groups excluding carboxylic acids is 1. The summed E-state index contributed by atoms with van der Waals surface area (Å²) in [6, 6.07) is 5.17. The van der Waals surface area contributed by atoms with Gasteiger partial charge in [0.2, 0.25) is 0 Å². The summed E-state index contributed by atoms with van der Waals surface area (Å²) in [4.78, 5) is 24.8. The van der Waals surface area contributed by atoms with Crippen molar-refractivity contribution in [2.45, 2.75) is 27.2 Å². The van der Waals surface area contributed by atoms with Crippen molar-refractivity contribution >= 4 is 17.7 Å². The average Bonchev–Trinajstić information content (AvgIpc) is 2.47. The van der Waals surface area contributed by atoms with E-state index in [1.54, 1.807) is 20.8 Å². The number of nitrogens with zero attached hydrogens (tertiary/aromatic N) is 1. The standard InChI is InChI=1S/C15H21FN2O3/c1-4-15(3,13(19)20)10-17-14(21)18(5-2)12-8-6-11(16)7-9-12/h6-9H,4-5,10H2,1-3H3,(H,17,21)(H,19,20). The summed E-state index contributed by atoms with van der Waals surface area (Å²) < 4.78 is 12.9. The quantitative estimate of drug-likeness (QED) is 0.848. The first-order valence-corrected chi connectivity index (χ1v) is 6.88. The zero-order valence-electron chi connectivity index (χ0n) is 12.5. The topological polar surface area (TPSA) is 69.6 Å². The number of nitrogens with one attached hydrogen (secondary N) is 1. The number of rotatable bonds is 6. The van der Waals surface area contributed by atoms with Crippen molar-refractivity contribution in [3.63, 3.8) is 0 Å². The first-order valence-electron chi connectivity index (χ1n) is 6.88. The third-order valence-corrected chi connectivity index (χ3v) is 3.63. The first-order chi connectivity index (χ1) is 9.84. The second-order valence-electron chi connectivity index (χ2n) is 5.10. The van der Waals surface area contributed by atoms with E-state index < -0.39 is 17.4 Å². The number of amides is 2. The van der Waals surface area contributed by atoms with Gasteiger partial charge in [0, 0.05) is 18.8 Å². The molecule has 0 fully saturated rings. The molecule has 21 heavy (non-hydrogen) atoms. The summed E-state index contributed by atoms with van der Waals surface area (Å²) in [7, 11) is 0. The van der Waals surface area contributed by atoms with Crippen molar-refractivity contribution in [1.82, 2.24) is 5.32 Å². The number of hydrogen-bond donors (Lipinski definition) is 2. The Morgan fingerprint density at radius 1 is 1.29 bits per heavy atom. The van der Waals surface area contributed by atoms with Gasteiger partial charge in [-0.1, -0.05) is 6.92 Å². The van der Waals surface area contributed by atoms with Crippen LogP contribution in [-0.2, 0) is 4.79 Å². The Hall–Kier alpha value is -2.11. The van der Waals surface area contributed by atoms with E-state index in [0.29, 0.717) is 18.7 Å². The van der Waals surface area contributed by atoms with Gasteiger partial charge in [-0.2, -0.15) is 0 Å². The highest BCUT2D eigenvalue weighted by molar-refractivity contribution is 5.92. The minimum Gasteiger partial charge on any atom is -0.481 e. The Kier molecular flexibility index (Phi) is 5.69. The van der Waals surface area contributed by atoms with Gasteiger partial charge in [-0.05, 0) is 44.5 Å². The molecule has 1 atom stereocenters. The lowest BCUT2D eigenvalue weighted by Crippen LogP contribution is -2.46. The summed E-state index contributed by atoms with van der Waals surface area (Å²) in [6.07, 6.45) is 0.408. The molecule has 0 radical (unpaired) electrons. The third-order valence-electron chi connectivity index (χ3n) is 3.63. The normalized spacial score (nSPS) is 13.3. The fourth-order valence-corrected chi connectivity index (χ4v) is 1.78. The molecule has 5 nitrogen and oxygen atoms in total. The van der Waals surface area contributed by atoms with E-state index in [2.05, 4.69) is 5.32 Å². The Morgan fingerprint density at radius 3 is 2.29 bits per heavy atom. The van der Waals surface area contributed by atoms with Crippen LogP contribution in [-0.4, -0.2) is 30.2 Å². The number of anilines is 1. The molecule has 0 bridgehead atoms. The average molecular weight is 296 g/mol. The van der Waals surface area contributed by atoms with Crippen LogP contribution in [0.1, 0.15) is 27.2 Å². The zero-order chi connectivity index (χ0) is 16.0. The number of benzene rings is 1. The van der Waals surface area contributed by atoms with Gasteiger partial charge in [0.05, 0.1) is 5.41 Å². The Bertz CT molecular complexity index is 504. The molecule has 0 saturated carbocycles. The lowest BCUT2D eigenvalue weighted by Gasteiger charge is -2.26. The maximum atomic E-state index is 12.9. The SMILES string of the molecule is CCN(C(=O)NCC(C)(CC)C(=O)O)c1ccc(F)cc1. The van der Waals surface area contributed by atoms with Gasteiger partial charge >= 0.3 is 12.0 Å². The first kappa shape index (κ1) is 16.9. The monoisotopic (exact) mass is 296 g/mol. The molecule has 0 heterocycles. The van der Waals surface area contributed by atoms with Crippen molar-refractivity contribution in [1.29, 1.82) is 0 Å². The molecule has 1 unspecified atom stereocenters. The van der Waals surface area contributed by atoms with E-state index in [1.807, 2.05) is 0 Å². The maximum Gasteiger partial charge on any atom is 0.321 e. The van der Waals surface area contributed by atoms with Gasteiger partial charge in [-0.15, -0.1) is 0 Å². The number of carboxylic acid groups (broad SMARTS) is 1. The number of carbonyl (C=O) groups is 2. The van der Waals surface area contributed by atoms with Gasteiger partial charge in [0.15, 0.2) is 0 Å². The number of urea groups is 1. The van der Waals surface area contributed by atoms with Gasteiger partial charge in [-0.25, -0.2) is 9.18 Å². The van der Waals surface area contributed by atoms with Crippen LogP contribution in [0.3, 0.4) is 0 Å². The molecule has 0 aliphatic carbocycles. The van der Waals surface area contributed by atoms with Crippen molar-refractivity contribution in [3.8, 4) is 0 Å². The molecule has 0 saturated heterocycles. The molecule has 2 N–H and O–H groups in total. The molecule has 0 aliphatic heterocycles. The minimum atomic E-state index is -1.00. The van der Waals surface area contributed by atoms with Crippen molar-refractivity contribution in [3.05, 3.63) is 30.1 Å². The van der Waals surface area contributed by atoms with E-state index in [-0.39, 0.29) is 12.4 Å². The van der Waals surface area contributed by atoms with Gasteiger partial charge in [-0.3, -0.25) is 9.69 Å². The maximum absolute atomic E-state index is 12.9. The van der Waals surface area contributed by atoms with E-state index in [9.17, 15) is 19.1 Å². The van der Waals surface area contributed by atoms with Crippen molar-refractivity contribution < 1.29 is 19.1 Å². The highest BCUT2D eigenvalue weighted by atomic mass is 19.1. The molecule has 0 aliphatic rings. The summed E-state index contributed by atoms with van der Waals surface area (Å²) >= 11 is 0. The number of hydrogen-bond acceptors (Lipinski definition) is 2. The molecule has 2 amide bonds. The van der Waals surface area contributed by atoms with Crippen molar-refractivity contribution in [2.75, 3.05) is 18.0 Å². The predicted octanol–water partition coefficient (Wildman–Crippen LogP) is 2.86. The summed E-state index contributed by atoms with van der Waals surface area (Å²) in [5, 5.41) is 11.8. The van der Waals surface area contributed by atoms with E-state index in [0.717, 1.165) is 0 Å². The zero-order valence-corrected chi connectivity index (χ0v) is 12.5. The molecule has 116 valence electrons. The van der Waals surface area contributed by atoms with Gasteiger partial charge in [0.25, 0.3) is 0 Å². The number of aliphatic carboxylic acids is 1. The predicted molar refractivity (Wildman–Crippen MR) is 78.9 cm³/mol. The lowest BCUT2D eigenvalue weighted by molar-refractivity contribution is -0.147. The van der Waals surface area contributed by atoms with E-state index in [4.69, 9.17) is 0 Å². The van der Waals surface area contributed by atoms with Crippen LogP contribution >= 0.6 is 0 Å². The van der Waals surface area contributed by atoms with Gasteiger partial charge < -0.3 is 10.4 Å². The highest BCUT2D eigenvalue weighted by Gasteiger charge is 2.32. The summed E-state index contributed by atoms with van der Waals surface area (Å²) in [6.45, 7) is 5.57. The third kappa shape index (κ3) is 4.18. The van der Waals surface area contributed by atoms with Crippen LogP contribution in [0.4, 0.5) is 14.9 Å². The largest absolute Gasteiger partial charge is 0.481 e. The molecular formula is C15H21FN2O3. The minimum absolute atomic E-state index is 0.0371. The highest BCUT2D eigenvalue weighted by Crippen LogP contribution is 2.20. The van der Waals surface area contributed by atoms with Crippen LogP contribution in [0.15, 0.2) is 24.3 Å². The Morgan fingerprint density at radius 2 is 1.86 bits per heavy atom. The fourth-order valence-electron chi connectivity index (χ4n) is 1.78. The molecule has 1 rings (SSSR count). The second kappa shape index (κ2) is 7.06. The lowest BCUT2D eigenvalue weighted by atomic mass is 9.88. The van der Waals surface area contributed by atoms with E-state index >= 15 is 0 Å². The van der Waals surface area contributed by atoms with Crippen LogP contribution < -0.4 is 10.2 Å². The molecule has 1 aromatic rings. The smallest absolute Gasteiger partial charge is 0.321 e. The Balaban J connectivity index is 2.76. The molecule has 1 aromatic carbocycles. The Labute approximate surface area is 123 Å². The van der Waals surface area contributed by atoms with Crippen LogP contribution in [0.5, 0.6) is 0 Å². The van der Waals surface area contributed by atoms with Crippen molar-refractivity contribution in [2.24, 2.45) is 5.41 Å². The van der Waals surface area contributed by atoms with E-state index in [1.165, 1.54) is 29.2 Å². The molecule has 0 spiro atoms. The summed E-state index contributed by atoms with van der Waals surface area (Å²) in [5.74, 6) is -1.32. The fraction of sp³-hybridized carbons (Fsp3) is 0.467. The molecule has 6 heteroatoms.